The Hall–Kier alpha value is -2.16. The van der Waals surface area contributed by atoms with Crippen LogP contribution in [0.5, 0.6) is 5.75 Å². The van der Waals surface area contributed by atoms with Crippen LogP contribution in [-0.4, -0.2) is 17.4 Å². The number of amides is 1. The minimum absolute atomic E-state index is 0.152. The average molecular weight is 426 g/mol. The molecule has 1 amide bonds. The molecule has 7 heteroatoms. The van der Waals surface area contributed by atoms with E-state index in [2.05, 4.69) is 27.9 Å². The second kappa shape index (κ2) is 7.40. The van der Waals surface area contributed by atoms with Gasteiger partial charge in [0, 0.05) is 20.9 Å². The molecule has 23 heavy (non-hydrogen) atoms. The number of carbonyl (C=O) groups excluding carboxylic acids is 1. The molecule has 0 atom stereocenters. The number of hydrogen-bond donors (Lipinski definition) is 1. The maximum absolute atomic E-state index is 12.3. The van der Waals surface area contributed by atoms with E-state index in [4.69, 9.17) is 4.74 Å². The van der Waals surface area contributed by atoms with Gasteiger partial charge in [-0.15, -0.1) is 0 Å². The number of nitro groups is 1. The van der Waals surface area contributed by atoms with E-state index in [1.54, 1.807) is 13.0 Å². The lowest BCUT2D eigenvalue weighted by Crippen LogP contribution is -2.13. The minimum atomic E-state index is -0.558. The van der Waals surface area contributed by atoms with E-state index in [-0.39, 0.29) is 17.0 Å². The summed E-state index contributed by atoms with van der Waals surface area (Å²) in [5.74, 6) is -0.250. The summed E-state index contributed by atoms with van der Waals surface area (Å²) in [6.07, 6.45) is 0. The van der Waals surface area contributed by atoms with Crippen molar-refractivity contribution in [2.45, 2.75) is 13.8 Å². The molecule has 0 bridgehead atoms. The summed E-state index contributed by atoms with van der Waals surface area (Å²) in [5, 5.41) is 13.9. The molecule has 0 aliphatic rings. The molecular formula is C16H15IN2O4. The van der Waals surface area contributed by atoms with Crippen LogP contribution in [-0.2, 0) is 0 Å². The van der Waals surface area contributed by atoms with E-state index in [1.165, 1.54) is 18.2 Å². The third-order valence-electron chi connectivity index (χ3n) is 3.15. The van der Waals surface area contributed by atoms with E-state index in [0.29, 0.717) is 12.3 Å². The molecule has 0 spiro atoms. The zero-order valence-electron chi connectivity index (χ0n) is 12.6. The number of nitrogens with zero attached hydrogens (tertiary/aromatic N) is 1. The minimum Gasteiger partial charge on any atom is -0.487 e. The molecule has 0 saturated carbocycles. The zero-order chi connectivity index (χ0) is 17.0. The van der Waals surface area contributed by atoms with Crippen LogP contribution in [0.2, 0.25) is 0 Å². The molecule has 0 aliphatic heterocycles. The first-order valence-corrected chi connectivity index (χ1v) is 7.99. The quantitative estimate of drug-likeness (QED) is 0.442. The second-order valence-electron chi connectivity index (χ2n) is 4.79. The van der Waals surface area contributed by atoms with Gasteiger partial charge in [-0.05, 0) is 72.3 Å². The molecule has 1 N–H and O–H groups in total. The topological polar surface area (TPSA) is 81.5 Å². The summed E-state index contributed by atoms with van der Waals surface area (Å²) in [7, 11) is 0. The highest BCUT2D eigenvalue weighted by atomic mass is 127. The average Bonchev–Trinajstić information content (AvgIpc) is 2.50. The van der Waals surface area contributed by atoms with Crippen molar-refractivity contribution in [1.82, 2.24) is 0 Å². The van der Waals surface area contributed by atoms with Crippen LogP contribution in [0.3, 0.4) is 0 Å². The highest BCUT2D eigenvalue weighted by molar-refractivity contribution is 14.1. The van der Waals surface area contributed by atoms with Crippen molar-refractivity contribution in [1.29, 1.82) is 0 Å². The van der Waals surface area contributed by atoms with Crippen LogP contribution in [0.15, 0.2) is 36.4 Å². The third kappa shape index (κ3) is 4.19. The number of rotatable bonds is 5. The van der Waals surface area contributed by atoms with Crippen LogP contribution in [0.25, 0.3) is 0 Å². The largest absolute Gasteiger partial charge is 0.487 e. The molecule has 2 aromatic rings. The monoisotopic (exact) mass is 426 g/mol. The zero-order valence-corrected chi connectivity index (χ0v) is 14.8. The molecule has 6 nitrogen and oxygen atoms in total. The fraction of sp³-hybridized carbons (Fsp3) is 0.188. The van der Waals surface area contributed by atoms with Crippen molar-refractivity contribution in [3.63, 3.8) is 0 Å². The smallest absolute Gasteiger partial charge is 0.311 e. The number of nitrogens with one attached hydrogen (secondary N) is 1. The SMILES string of the molecule is CCOc1ccc(C(=O)Nc2ccc(I)cc2C)cc1[N+](=O)[O-]. The predicted octanol–water partition coefficient (Wildman–Crippen LogP) is 4.16. The molecule has 0 aromatic heterocycles. The van der Waals surface area contributed by atoms with Gasteiger partial charge in [0.1, 0.15) is 0 Å². The van der Waals surface area contributed by atoms with Crippen LogP contribution in [0, 0.1) is 20.6 Å². The fourth-order valence-corrected chi connectivity index (χ4v) is 2.69. The van der Waals surface area contributed by atoms with Gasteiger partial charge < -0.3 is 10.1 Å². The number of carbonyl (C=O) groups is 1. The van der Waals surface area contributed by atoms with E-state index in [1.807, 2.05) is 19.1 Å². The van der Waals surface area contributed by atoms with Gasteiger partial charge in [-0.1, -0.05) is 0 Å². The van der Waals surface area contributed by atoms with Gasteiger partial charge in [-0.2, -0.15) is 0 Å². The molecule has 2 aromatic carbocycles. The Balaban J connectivity index is 2.28. The number of hydrogen-bond acceptors (Lipinski definition) is 4. The number of ether oxygens (including phenoxy) is 1. The molecule has 0 fully saturated rings. The first-order chi connectivity index (χ1) is 10.9. The first kappa shape index (κ1) is 17.2. The Morgan fingerprint density at radius 3 is 2.65 bits per heavy atom. The van der Waals surface area contributed by atoms with Crippen LogP contribution < -0.4 is 10.1 Å². The number of nitro benzene ring substituents is 1. The summed E-state index contributed by atoms with van der Waals surface area (Å²) in [5.41, 5.74) is 1.58. The summed E-state index contributed by atoms with van der Waals surface area (Å²) >= 11 is 2.19. The number of halogens is 1. The number of anilines is 1. The standard InChI is InChI=1S/C16H15IN2O4/c1-3-23-15-7-4-11(9-14(15)19(21)22)16(20)18-13-6-5-12(17)8-10(13)2/h4-9H,3H2,1-2H3,(H,18,20). The molecule has 0 heterocycles. The van der Waals surface area contributed by atoms with E-state index in [0.717, 1.165) is 9.13 Å². The van der Waals surface area contributed by atoms with Crippen LogP contribution >= 0.6 is 22.6 Å². The van der Waals surface area contributed by atoms with Gasteiger partial charge in [0.05, 0.1) is 11.5 Å². The number of benzene rings is 2. The van der Waals surface area contributed by atoms with Crippen molar-refractivity contribution in [2.75, 3.05) is 11.9 Å². The van der Waals surface area contributed by atoms with Gasteiger partial charge >= 0.3 is 5.69 Å². The van der Waals surface area contributed by atoms with Gasteiger partial charge in [0.25, 0.3) is 5.91 Å². The Kier molecular flexibility index (Phi) is 5.54. The molecule has 0 aliphatic carbocycles. The third-order valence-corrected chi connectivity index (χ3v) is 3.83. The Bertz CT molecular complexity index is 762. The Morgan fingerprint density at radius 1 is 1.30 bits per heavy atom. The first-order valence-electron chi connectivity index (χ1n) is 6.91. The highest BCUT2D eigenvalue weighted by Crippen LogP contribution is 2.28. The summed E-state index contributed by atoms with van der Waals surface area (Å²) in [6.45, 7) is 3.94. The molecule has 0 saturated heterocycles. The van der Waals surface area contributed by atoms with Crippen molar-refractivity contribution < 1.29 is 14.5 Å². The normalized spacial score (nSPS) is 10.2. The lowest BCUT2D eigenvalue weighted by atomic mass is 10.1. The molecular weight excluding hydrogens is 411 g/mol. The Labute approximate surface area is 147 Å². The maximum Gasteiger partial charge on any atom is 0.311 e. The summed E-state index contributed by atoms with van der Waals surface area (Å²) in [6, 6.07) is 9.80. The van der Waals surface area contributed by atoms with E-state index >= 15 is 0 Å². The van der Waals surface area contributed by atoms with Crippen molar-refractivity contribution >= 4 is 39.9 Å². The second-order valence-corrected chi connectivity index (χ2v) is 6.03. The van der Waals surface area contributed by atoms with Crippen LogP contribution in [0.4, 0.5) is 11.4 Å². The molecule has 2 rings (SSSR count). The van der Waals surface area contributed by atoms with Gasteiger partial charge in [0.15, 0.2) is 5.75 Å². The maximum atomic E-state index is 12.3. The van der Waals surface area contributed by atoms with Gasteiger partial charge in [-0.25, -0.2) is 0 Å². The van der Waals surface area contributed by atoms with Crippen molar-refractivity contribution in [3.05, 3.63) is 61.2 Å². The fourth-order valence-electron chi connectivity index (χ4n) is 2.04. The lowest BCUT2D eigenvalue weighted by Gasteiger charge is -2.10. The van der Waals surface area contributed by atoms with Crippen LogP contribution in [0.1, 0.15) is 22.8 Å². The summed E-state index contributed by atoms with van der Waals surface area (Å²) in [4.78, 5) is 22.9. The number of aryl methyl sites for hydroxylation is 1. The predicted molar refractivity (Wildman–Crippen MR) is 96.1 cm³/mol. The summed E-state index contributed by atoms with van der Waals surface area (Å²) < 4.78 is 6.27. The molecule has 120 valence electrons. The highest BCUT2D eigenvalue weighted by Gasteiger charge is 2.19. The lowest BCUT2D eigenvalue weighted by molar-refractivity contribution is -0.385. The van der Waals surface area contributed by atoms with E-state index < -0.39 is 10.8 Å². The van der Waals surface area contributed by atoms with Crippen molar-refractivity contribution in [2.24, 2.45) is 0 Å². The van der Waals surface area contributed by atoms with Gasteiger partial charge in [0.2, 0.25) is 0 Å². The van der Waals surface area contributed by atoms with E-state index in [9.17, 15) is 14.9 Å². The molecule has 0 unspecified atom stereocenters. The van der Waals surface area contributed by atoms with Crippen molar-refractivity contribution in [3.8, 4) is 5.75 Å². The van der Waals surface area contributed by atoms with Gasteiger partial charge in [-0.3, -0.25) is 14.9 Å². The Morgan fingerprint density at radius 2 is 2.04 bits per heavy atom. The molecule has 0 radical (unpaired) electrons.